The number of nitrogens with two attached hydrogens (primary N) is 1. The number of methoxy groups -OCH3 is 1. The van der Waals surface area contributed by atoms with Crippen molar-refractivity contribution in [3.63, 3.8) is 0 Å². The molecule has 13 heavy (non-hydrogen) atoms. The van der Waals surface area contributed by atoms with E-state index in [0.717, 1.165) is 24.4 Å². The van der Waals surface area contributed by atoms with Gasteiger partial charge in [0.15, 0.2) is 5.75 Å². The molecule has 4 nitrogen and oxygen atoms in total. The lowest BCUT2D eigenvalue weighted by atomic mass is 10.1. The zero-order valence-corrected chi connectivity index (χ0v) is 8.45. The Balaban J connectivity index is 3.04. The number of aryl methyl sites for hydroxylation is 1. The van der Waals surface area contributed by atoms with E-state index < -0.39 is 0 Å². The van der Waals surface area contributed by atoms with E-state index in [-0.39, 0.29) is 6.04 Å². The van der Waals surface area contributed by atoms with Gasteiger partial charge in [0.1, 0.15) is 0 Å². The van der Waals surface area contributed by atoms with Crippen molar-refractivity contribution in [1.82, 2.24) is 9.78 Å². The van der Waals surface area contributed by atoms with E-state index in [1.807, 2.05) is 11.6 Å². The molecule has 0 aromatic carbocycles. The molecule has 0 spiro atoms. The van der Waals surface area contributed by atoms with E-state index in [2.05, 4.69) is 12.0 Å². The van der Waals surface area contributed by atoms with Crippen LogP contribution < -0.4 is 10.5 Å². The van der Waals surface area contributed by atoms with Crippen LogP contribution in [0.15, 0.2) is 6.20 Å². The van der Waals surface area contributed by atoms with Gasteiger partial charge in [0.25, 0.3) is 0 Å². The monoisotopic (exact) mass is 183 g/mol. The molecule has 0 amide bonds. The van der Waals surface area contributed by atoms with Gasteiger partial charge in [-0.1, -0.05) is 6.92 Å². The van der Waals surface area contributed by atoms with Gasteiger partial charge in [0.2, 0.25) is 0 Å². The number of rotatable bonds is 4. The molecule has 0 saturated carbocycles. The maximum Gasteiger partial charge on any atom is 0.161 e. The number of aromatic nitrogens is 2. The minimum atomic E-state index is 0.0115. The third-order valence-electron chi connectivity index (χ3n) is 2.16. The maximum atomic E-state index is 5.95. The summed E-state index contributed by atoms with van der Waals surface area (Å²) in [4.78, 5) is 0. The summed E-state index contributed by atoms with van der Waals surface area (Å²) in [6.45, 7) is 4.92. The van der Waals surface area contributed by atoms with Crippen molar-refractivity contribution in [3.05, 3.63) is 11.9 Å². The van der Waals surface area contributed by atoms with Crippen LogP contribution in [0.4, 0.5) is 0 Å². The fraction of sp³-hybridized carbons (Fsp3) is 0.667. The van der Waals surface area contributed by atoms with Crippen LogP contribution in [0.25, 0.3) is 0 Å². The quantitative estimate of drug-likeness (QED) is 0.766. The van der Waals surface area contributed by atoms with Gasteiger partial charge in [-0.3, -0.25) is 4.68 Å². The highest BCUT2D eigenvalue weighted by atomic mass is 16.5. The smallest absolute Gasteiger partial charge is 0.161 e. The summed E-state index contributed by atoms with van der Waals surface area (Å²) in [5, 5.41) is 4.19. The highest BCUT2D eigenvalue weighted by molar-refractivity contribution is 5.27. The lowest BCUT2D eigenvalue weighted by Crippen LogP contribution is -2.15. The molecule has 0 radical (unpaired) electrons. The summed E-state index contributed by atoms with van der Waals surface area (Å²) < 4.78 is 7.07. The first-order valence-electron chi connectivity index (χ1n) is 4.59. The van der Waals surface area contributed by atoms with Crippen LogP contribution in [-0.4, -0.2) is 16.9 Å². The van der Waals surface area contributed by atoms with E-state index in [1.165, 1.54) is 0 Å². The summed E-state index contributed by atoms with van der Waals surface area (Å²) in [6, 6.07) is 0.0115. The summed E-state index contributed by atoms with van der Waals surface area (Å²) in [5.41, 5.74) is 6.94. The first kappa shape index (κ1) is 10.1. The molecule has 0 aliphatic heterocycles. The zero-order valence-electron chi connectivity index (χ0n) is 8.45. The van der Waals surface area contributed by atoms with E-state index in [1.54, 1.807) is 13.3 Å². The van der Waals surface area contributed by atoms with Crippen molar-refractivity contribution < 1.29 is 4.74 Å². The molecule has 0 saturated heterocycles. The number of hydrogen-bond acceptors (Lipinski definition) is 3. The third-order valence-corrected chi connectivity index (χ3v) is 2.16. The SMILES string of the molecule is CCC(N)c1c(OC)cnn1CC. The molecule has 1 aromatic heterocycles. The zero-order chi connectivity index (χ0) is 9.84. The number of nitrogens with zero attached hydrogens (tertiary/aromatic N) is 2. The Morgan fingerprint density at radius 3 is 2.77 bits per heavy atom. The molecule has 0 fully saturated rings. The molecule has 2 N–H and O–H groups in total. The summed E-state index contributed by atoms with van der Waals surface area (Å²) in [5.74, 6) is 0.788. The summed E-state index contributed by atoms with van der Waals surface area (Å²) >= 11 is 0. The van der Waals surface area contributed by atoms with Crippen molar-refractivity contribution in [2.24, 2.45) is 5.73 Å². The van der Waals surface area contributed by atoms with Crippen LogP contribution in [-0.2, 0) is 6.54 Å². The summed E-state index contributed by atoms with van der Waals surface area (Å²) in [7, 11) is 1.64. The second-order valence-corrected chi connectivity index (χ2v) is 2.93. The highest BCUT2D eigenvalue weighted by Gasteiger charge is 2.15. The van der Waals surface area contributed by atoms with Crippen LogP contribution in [0.2, 0.25) is 0 Å². The Morgan fingerprint density at radius 2 is 2.31 bits per heavy atom. The van der Waals surface area contributed by atoms with E-state index in [0.29, 0.717) is 0 Å². The maximum absolute atomic E-state index is 5.95. The topological polar surface area (TPSA) is 53.1 Å². The molecule has 0 bridgehead atoms. The normalized spacial score (nSPS) is 12.9. The molecule has 1 unspecified atom stereocenters. The molecular formula is C9H17N3O. The lowest BCUT2D eigenvalue weighted by Gasteiger charge is -2.12. The first-order valence-corrected chi connectivity index (χ1v) is 4.59. The Hall–Kier alpha value is -1.03. The van der Waals surface area contributed by atoms with Crippen molar-refractivity contribution in [2.45, 2.75) is 32.9 Å². The lowest BCUT2D eigenvalue weighted by molar-refractivity contribution is 0.400. The van der Waals surface area contributed by atoms with Crippen LogP contribution in [0.3, 0.4) is 0 Å². The Kier molecular flexibility index (Phi) is 3.31. The standard InChI is InChI=1S/C9H17N3O/c1-4-7(10)9-8(13-3)6-11-12(9)5-2/h6-7H,4-5,10H2,1-3H3. The predicted octanol–water partition coefficient (Wildman–Crippen LogP) is 1.32. The van der Waals surface area contributed by atoms with Crippen molar-refractivity contribution in [3.8, 4) is 5.75 Å². The molecule has 74 valence electrons. The largest absolute Gasteiger partial charge is 0.493 e. The van der Waals surface area contributed by atoms with Gasteiger partial charge in [0, 0.05) is 6.54 Å². The van der Waals surface area contributed by atoms with Crippen LogP contribution in [0, 0.1) is 0 Å². The average molecular weight is 183 g/mol. The summed E-state index contributed by atoms with van der Waals surface area (Å²) in [6.07, 6.45) is 2.61. The van der Waals surface area contributed by atoms with Gasteiger partial charge in [-0.25, -0.2) is 0 Å². The fourth-order valence-electron chi connectivity index (χ4n) is 1.35. The molecule has 1 heterocycles. The van der Waals surface area contributed by atoms with Crippen molar-refractivity contribution >= 4 is 0 Å². The van der Waals surface area contributed by atoms with Crippen LogP contribution >= 0.6 is 0 Å². The molecule has 4 heteroatoms. The highest BCUT2D eigenvalue weighted by Crippen LogP contribution is 2.24. The molecule has 1 aromatic rings. The predicted molar refractivity (Wildman–Crippen MR) is 51.7 cm³/mol. The minimum absolute atomic E-state index is 0.0115. The molecular weight excluding hydrogens is 166 g/mol. The number of ether oxygens (including phenoxy) is 1. The van der Waals surface area contributed by atoms with E-state index in [9.17, 15) is 0 Å². The third kappa shape index (κ3) is 1.83. The molecule has 1 rings (SSSR count). The second-order valence-electron chi connectivity index (χ2n) is 2.93. The van der Waals surface area contributed by atoms with Gasteiger partial charge in [-0.15, -0.1) is 0 Å². The minimum Gasteiger partial charge on any atom is -0.493 e. The van der Waals surface area contributed by atoms with Gasteiger partial charge in [0.05, 0.1) is 25.0 Å². The van der Waals surface area contributed by atoms with Gasteiger partial charge in [-0.05, 0) is 13.3 Å². The van der Waals surface area contributed by atoms with Crippen molar-refractivity contribution in [2.75, 3.05) is 7.11 Å². The van der Waals surface area contributed by atoms with E-state index in [4.69, 9.17) is 10.5 Å². The van der Waals surface area contributed by atoms with Gasteiger partial charge in [-0.2, -0.15) is 5.10 Å². The number of hydrogen-bond donors (Lipinski definition) is 1. The Labute approximate surface area is 78.7 Å². The average Bonchev–Trinajstić information content (AvgIpc) is 2.59. The first-order chi connectivity index (χ1) is 6.24. The van der Waals surface area contributed by atoms with Crippen LogP contribution in [0.1, 0.15) is 32.0 Å². The van der Waals surface area contributed by atoms with E-state index >= 15 is 0 Å². The molecule has 0 aliphatic rings. The Morgan fingerprint density at radius 1 is 1.62 bits per heavy atom. The fourth-order valence-corrected chi connectivity index (χ4v) is 1.35. The van der Waals surface area contributed by atoms with Gasteiger partial charge < -0.3 is 10.5 Å². The van der Waals surface area contributed by atoms with Crippen LogP contribution in [0.5, 0.6) is 5.75 Å². The van der Waals surface area contributed by atoms with Crippen molar-refractivity contribution in [1.29, 1.82) is 0 Å². The second kappa shape index (κ2) is 4.28. The molecule has 1 atom stereocenters. The Bertz CT molecular complexity index is 248. The van der Waals surface area contributed by atoms with Gasteiger partial charge >= 0.3 is 0 Å². The molecule has 0 aliphatic carbocycles.